The summed E-state index contributed by atoms with van der Waals surface area (Å²) in [6.45, 7) is -0.123. The largest absolute Gasteiger partial charge is 0.343 e. The second kappa shape index (κ2) is 5.86. The number of carbonyl (C=O) groups is 2. The SMILES string of the molecule is O=C(CNC(=O)c1ccc(F)cn1)c1ccccc1. The minimum absolute atomic E-state index is 0.0715. The lowest BCUT2D eigenvalue weighted by Gasteiger charge is -2.04. The number of hydrogen-bond acceptors (Lipinski definition) is 3. The summed E-state index contributed by atoms with van der Waals surface area (Å²) in [7, 11) is 0. The Balaban J connectivity index is 1.94. The molecule has 0 atom stereocenters. The number of benzene rings is 1. The minimum Gasteiger partial charge on any atom is -0.343 e. The highest BCUT2D eigenvalue weighted by Gasteiger charge is 2.10. The van der Waals surface area contributed by atoms with E-state index < -0.39 is 11.7 Å². The van der Waals surface area contributed by atoms with Crippen molar-refractivity contribution in [2.75, 3.05) is 6.54 Å². The fourth-order valence-corrected chi connectivity index (χ4v) is 1.49. The van der Waals surface area contributed by atoms with E-state index in [9.17, 15) is 14.0 Å². The van der Waals surface area contributed by atoms with E-state index >= 15 is 0 Å². The van der Waals surface area contributed by atoms with Gasteiger partial charge in [-0.05, 0) is 12.1 Å². The Morgan fingerprint density at radius 3 is 2.47 bits per heavy atom. The number of Topliss-reactive ketones (excluding diaryl/α,β-unsaturated/α-hetero) is 1. The molecule has 2 rings (SSSR count). The van der Waals surface area contributed by atoms with Gasteiger partial charge in [0.1, 0.15) is 11.5 Å². The number of aromatic nitrogens is 1. The molecule has 96 valence electrons. The first kappa shape index (κ1) is 12.9. The maximum absolute atomic E-state index is 12.6. The Morgan fingerprint density at radius 2 is 1.84 bits per heavy atom. The number of carbonyl (C=O) groups excluding carboxylic acids is 2. The van der Waals surface area contributed by atoms with Crippen molar-refractivity contribution < 1.29 is 14.0 Å². The van der Waals surface area contributed by atoms with Gasteiger partial charge in [0.2, 0.25) is 0 Å². The monoisotopic (exact) mass is 258 g/mol. The van der Waals surface area contributed by atoms with E-state index in [-0.39, 0.29) is 18.0 Å². The van der Waals surface area contributed by atoms with Gasteiger partial charge >= 0.3 is 0 Å². The van der Waals surface area contributed by atoms with Gasteiger partial charge in [-0.1, -0.05) is 30.3 Å². The first-order chi connectivity index (χ1) is 9.16. The molecule has 5 heteroatoms. The summed E-state index contributed by atoms with van der Waals surface area (Å²) in [5.74, 6) is -1.22. The van der Waals surface area contributed by atoms with Crippen LogP contribution in [0.4, 0.5) is 4.39 Å². The zero-order valence-corrected chi connectivity index (χ0v) is 9.97. The Labute approximate surface area is 109 Å². The molecule has 1 N–H and O–H groups in total. The highest BCUT2D eigenvalue weighted by molar-refractivity contribution is 6.01. The number of halogens is 1. The van der Waals surface area contributed by atoms with Crippen LogP contribution in [0.5, 0.6) is 0 Å². The van der Waals surface area contributed by atoms with Crippen molar-refractivity contribution >= 4 is 11.7 Å². The van der Waals surface area contributed by atoms with Gasteiger partial charge in [0.05, 0.1) is 12.7 Å². The molecule has 1 amide bonds. The van der Waals surface area contributed by atoms with Gasteiger partial charge in [0.15, 0.2) is 5.78 Å². The van der Waals surface area contributed by atoms with E-state index in [0.717, 1.165) is 12.3 Å². The van der Waals surface area contributed by atoms with Gasteiger partial charge in [0, 0.05) is 5.56 Å². The molecule has 1 aromatic heterocycles. The van der Waals surface area contributed by atoms with E-state index in [1.807, 2.05) is 0 Å². The van der Waals surface area contributed by atoms with Crippen molar-refractivity contribution in [2.24, 2.45) is 0 Å². The summed E-state index contributed by atoms with van der Waals surface area (Å²) in [4.78, 5) is 27.0. The number of hydrogen-bond donors (Lipinski definition) is 1. The van der Waals surface area contributed by atoms with Crippen LogP contribution < -0.4 is 5.32 Å². The summed E-state index contributed by atoms with van der Waals surface area (Å²) in [6.07, 6.45) is 0.952. The molecule has 0 aliphatic rings. The van der Waals surface area contributed by atoms with Crippen LogP contribution in [0.15, 0.2) is 48.7 Å². The lowest BCUT2D eigenvalue weighted by molar-refractivity contribution is 0.0901. The number of amides is 1. The molecule has 0 saturated heterocycles. The van der Waals surface area contributed by atoms with E-state index in [4.69, 9.17) is 0 Å². The molecule has 0 aliphatic heterocycles. The second-order valence-corrected chi connectivity index (χ2v) is 3.83. The lowest BCUT2D eigenvalue weighted by Crippen LogP contribution is -2.30. The third-order valence-electron chi connectivity index (χ3n) is 2.47. The van der Waals surface area contributed by atoms with Crippen LogP contribution in [-0.4, -0.2) is 23.2 Å². The molecule has 19 heavy (non-hydrogen) atoms. The summed E-state index contributed by atoms with van der Waals surface area (Å²) in [5, 5.41) is 2.44. The first-order valence-electron chi connectivity index (χ1n) is 5.65. The van der Waals surface area contributed by atoms with Crippen LogP contribution in [0.25, 0.3) is 0 Å². The Kier molecular flexibility index (Phi) is 3.97. The molecule has 0 aliphatic carbocycles. The molecule has 2 aromatic rings. The lowest BCUT2D eigenvalue weighted by atomic mass is 10.1. The average Bonchev–Trinajstić information content (AvgIpc) is 2.46. The number of ketones is 1. The van der Waals surface area contributed by atoms with E-state index in [1.165, 1.54) is 6.07 Å². The summed E-state index contributed by atoms with van der Waals surface area (Å²) in [6, 6.07) is 11.0. The molecule has 0 spiro atoms. The van der Waals surface area contributed by atoms with Crippen molar-refractivity contribution in [2.45, 2.75) is 0 Å². The van der Waals surface area contributed by atoms with Gasteiger partial charge in [0.25, 0.3) is 5.91 Å². The van der Waals surface area contributed by atoms with E-state index in [2.05, 4.69) is 10.3 Å². The van der Waals surface area contributed by atoms with Gasteiger partial charge in [-0.2, -0.15) is 0 Å². The van der Waals surface area contributed by atoms with Crippen LogP contribution in [-0.2, 0) is 0 Å². The number of nitrogens with zero attached hydrogens (tertiary/aromatic N) is 1. The van der Waals surface area contributed by atoms with Crippen molar-refractivity contribution in [3.05, 3.63) is 65.7 Å². The fraction of sp³-hybridized carbons (Fsp3) is 0.0714. The molecular formula is C14H11FN2O2. The van der Waals surface area contributed by atoms with Crippen LogP contribution >= 0.6 is 0 Å². The summed E-state index contributed by atoms with van der Waals surface area (Å²) in [5.41, 5.74) is 0.595. The van der Waals surface area contributed by atoms with Crippen molar-refractivity contribution in [1.29, 1.82) is 0 Å². The number of rotatable bonds is 4. The number of nitrogens with one attached hydrogen (secondary N) is 1. The summed E-state index contributed by atoms with van der Waals surface area (Å²) < 4.78 is 12.6. The first-order valence-corrected chi connectivity index (χ1v) is 5.65. The van der Waals surface area contributed by atoms with Crippen LogP contribution in [0.1, 0.15) is 20.8 Å². The fourth-order valence-electron chi connectivity index (χ4n) is 1.49. The Morgan fingerprint density at radius 1 is 1.11 bits per heavy atom. The van der Waals surface area contributed by atoms with Crippen molar-refractivity contribution in [3.8, 4) is 0 Å². The van der Waals surface area contributed by atoms with Gasteiger partial charge in [-0.3, -0.25) is 9.59 Å². The smallest absolute Gasteiger partial charge is 0.270 e. The van der Waals surface area contributed by atoms with Gasteiger partial charge in [-0.25, -0.2) is 9.37 Å². The highest BCUT2D eigenvalue weighted by Crippen LogP contribution is 2.00. The predicted octanol–water partition coefficient (Wildman–Crippen LogP) is 1.83. The summed E-state index contributed by atoms with van der Waals surface area (Å²) >= 11 is 0. The highest BCUT2D eigenvalue weighted by atomic mass is 19.1. The molecule has 0 radical (unpaired) electrons. The van der Waals surface area contributed by atoms with E-state index in [1.54, 1.807) is 30.3 Å². The Bertz CT molecular complexity index is 582. The number of pyridine rings is 1. The maximum atomic E-state index is 12.6. The normalized spacial score (nSPS) is 9.95. The zero-order valence-electron chi connectivity index (χ0n) is 9.97. The third-order valence-corrected chi connectivity index (χ3v) is 2.47. The predicted molar refractivity (Wildman–Crippen MR) is 67.3 cm³/mol. The molecule has 0 unspecified atom stereocenters. The van der Waals surface area contributed by atoms with Crippen molar-refractivity contribution in [1.82, 2.24) is 10.3 Å². The molecule has 1 aromatic carbocycles. The molecule has 0 fully saturated rings. The molecule has 4 nitrogen and oxygen atoms in total. The molecular weight excluding hydrogens is 247 g/mol. The topological polar surface area (TPSA) is 59.1 Å². The average molecular weight is 258 g/mol. The Hall–Kier alpha value is -2.56. The second-order valence-electron chi connectivity index (χ2n) is 3.83. The van der Waals surface area contributed by atoms with Crippen LogP contribution in [0.2, 0.25) is 0 Å². The van der Waals surface area contributed by atoms with Crippen molar-refractivity contribution in [3.63, 3.8) is 0 Å². The molecule has 1 heterocycles. The maximum Gasteiger partial charge on any atom is 0.270 e. The van der Waals surface area contributed by atoms with Gasteiger partial charge < -0.3 is 5.32 Å². The zero-order chi connectivity index (χ0) is 13.7. The molecule has 0 saturated carbocycles. The molecule has 0 bridgehead atoms. The minimum atomic E-state index is -0.517. The quantitative estimate of drug-likeness (QED) is 0.851. The standard InChI is InChI=1S/C14H11FN2O2/c15-11-6-7-12(16-8-11)14(19)17-9-13(18)10-4-2-1-3-5-10/h1-8H,9H2,(H,17,19). The van der Waals surface area contributed by atoms with Gasteiger partial charge in [-0.15, -0.1) is 0 Å². The van der Waals surface area contributed by atoms with E-state index in [0.29, 0.717) is 5.56 Å². The van der Waals surface area contributed by atoms with Crippen LogP contribution in [0, 0.1) is 5.82 Å². The van der Waals surface area contributed by atoms with Crippen LogP contribution in [0.3, 0.4) is 0 Å². The third kappa shape index (κ3) is 3.45.